The maximum Gasteiger partial charge on any atom is 0.123 e. The zero-order chi connectivity index (χ0) is 13.6. The molecule has 0 amide bonds. The van der Waals surface area contributed by atoms with Crippen molar-refractivity contribution in [3.8, 4) is 0 Å². The molecule has 2 aliphatic rings. The molecule has 1 saturated carbocycles. The van der Waals surface area contributed by atoms with E-state index in [-0.39, 0.29) is 30.2 Å². The van der Waals surface area contributed by atoms with E-state index in [2.05, 4.69) is 19.2 Å². The summed E-state index contributed by atoms with van der Waals surface area (Å²) in [4.78, 5) is 0. The van der Waals surface area contributed by atoms with E-state index in [1.54, 1.807) is 12.1 Å². The van der Waals surface area contributed by atoms with Crippen LogP contribution >= 0.6 is 12.4 Å². The molecule has 0 bridgehead atoms. The Morgan fingerprint density at radius 1 is 1.30 bits per heavy atom. The fourth-order valence-electron chi connectivity index (χ4n) is 3.87. The number of hydrogen-bond donors (Lipinski definition) is 2. The Labute approximate surface area is 126 Å². The first-order chi connectivity index (χ1) is 9.03. The van der Waals surface area contributed by atoms with E-state index in [0.717, 1.165) is 36.8 Å². The van der Waals surface area contributed by atoms with Crippen LogP contribution in [0.4, 0.5) is 4.39 Å². The van der Waals surface area contributed by atoms with Gasteiger partial charge in [0, 0.05) is 18.0 Å². The maximum absolute atomic E-state index is 13.4. The van der Waals surface area contributed by atoms with Crippen molar-refractivity contribution in [2.45, 2.75) is 63.1 Å². The molecule has 3 atom stereocenters. The molecule has 4 heteroatoms. The van der Waals surface area contributed by atoms with Gasteiger partial charge in [-0.3, -0.25) is 0 Å². The Bertz CT molecular complexity index is 493. The molecule has 20 heavy (non-hydrogen) atoms. The minimum Gasteiger partial charge on any atom is -0.383 e. The van der Waals surface area contributed by atoms with Crippen LogP contribution in [0.5, 0.6) is 0 Å². The molecule has 0 radical (unpaired) electrons. The molecular weight excluding hydrogens is 277 g/mol. The third-order valence-electron chi connectivity index (χ3n) is 4.65. The summed E-state index contributed by atoms with van der Waals surface area (Å²) in [6, 6.07) is 5.26. The lowest BCUT2D eigenvalue weighted by Crippen LogP contribution is -2.58. The van der Waals surface area contributed by atoms with Gasteiger partial charge in [0.1, 0.15) is 11.4 Å². The van der Waals surface area contributed by atoms with Gasteiger partial charge in [0.25, 0.3) is 0 Å². The fourth-order valence-corrected chi connectivity index (χ4v) is 3.87. The van der Waals surface area contributed by atoms with Crippen molar-refractivity contribution in [3.63, 3.8) is 0 Å². The molecular formula is C16H23ClFNO. The molecule has 1 unspecified atom stereocenters. The Hall–Kier alpha value is -0.640. The lowest BCUT2D eigenvalue weighted by Gasteiger charge is -2.51. The van der Waals surface area contributed by atoms with Gasteiger partial charge in [-0.25, -0.2) is 4.39 Å². The van der Waals surface area contributed by atoms with Crippen molar-refractivity contribution < 1.29 is 9.50 Å². The van der Waals surface area contributed by atoms with Crippen molar-refractivity contribution >= 4 is 12.4 Å². The van der Waals surface area contributed by atoms with E-state index >= 15 is 0 Å². The summed E-state index contributed by atoms with van der Waals surface area (Å²) in [5, 5.41) is 14.7. The fraction of sp³-hybridized carbons (Fsp3) is 0.625. The second kappa shape index (κ2) is 5.63. The smallest absolute Gasteiger partial charge is 0.123 e. The minimum atomic E-state index is -0.802. The molecule has 0 aliphatic heterocycles. The standard InChI is InChI=1S/C16H22FNO.ClH/c1-10(2)18-15-6-4-3-5-13-12-9-11(17)7-8-14(12)16(13,15)19;/h7-10,13,15,18-19H,3-6H2,1-2H3;1H/t13?,15-,16-;/m0./s1. The molecule has 3 rings (SSSR count). The molecule has 0 saturated heterocycles. The van der Waals surface area contributed by atoms with E-state index in [9.17, 15) is 9.50 Å². The lowest BCUT2D eigenvalue weighted by molar-refractivity contribution is -0.0559. The Kier molecular flexibility index (Phi) is 4.43. The van der Waals surface area contributed by atoms with E-state index < -0.39 is 5.60 Å². The van der Waals surface area contributed by atoms with Crippen LogP contribution in [-0.2, 0) is 5.60 Å². The van der Waals surface area contributed by atoms with Gasteiger partial charge >= 0.3 is 0 Å². The quantitative estimate of drug-likeness (QED) is 0.876. The second-order valence-electron chi connectivity index (χ2n) is 6.27. The van der Waals surface area contributed by atoms with Gasteiger partial charge in [-0.15, -0.1) is 12.4 Å². The maximum atomic E-state index is 13.4. The first-order valence-electron chi connectivity index (χ1n) is 7.32. The summed E-state index contributed by atoms with van der Waals surface area (Å²) in [5.74, 6) is -0.102. The predicted octanol–water partition coefficient (Wildman–Crippen LogP) is 3.47. The Morgan fingerprint density at radius 2 is 2.00 bits per heavy atom. The van der Waals surface area contributed by atoms with Crippen LogP contribution in [0.25, 0.3) is 0 Å². The van der Waals surface area contributed by atoms with Gasteiger partial charge in [-0.1, -0.05) is 32.8 Å². The monoisotopic (exact) mass is 299 g/mol. The predicted molar refractivity (Wildman–Crippen MR) is 80.8 cm³/mol. The van der Waals surface area contributed by atoms with Gasteiger partial charge in [0.15, 0.2) is 0 Å². The van der Waals surface area contributed by atoms with Crippen LogP contribution in [0.2, 0.25) is 0 Å². The van der Waals surface area contributed by atoms with Crippen molar-refractivity contribution in [1.29, 1.82) is 0 Å². The summed E-state index contributed by atoms with van der Waals surface area (Å²) in [6.07, 6.45) is 4.18. The van der Waals surface area contributed by atoms with Crippen LogP contribution < -0.4 is 5.32 Å². The molecule has 1 aromatic carbocycles. The van der Waals surface area contributed by atoms with Crippen LogP contribution in [0.1, 0.15) is 56.6 Å². The highest BCUT2D eigenvalue weighted by Crippen LogP contribution is 2.56. The largest absolute Gasteiger partial charge is 0.383 e. The van der Waals surface area contributed by atoms with E-state index in [4.69, 9.17) is 0 Å². The molecule has 0 spiro atoms. The second-order valence-corrected chi connectivity index (χ2v) is 6.27. The summed E-state index contributed by atoms with van der Waals surface area (Å²) in [5.41, 5.74) is 1.14. The number of fused-ring (bicyclic) bond motifs is 4. The zero-order valence-electron chi connectivity index (χ0n) is 12.0. The lowest BCUT2D eigenvalue weighted by atomic mass is 9.60. The highest BCUT2D eigenvalue weighted by molar-refractivity contribution is 5.85. The van der Waals surface area contributed by atoms with Crippen molar-refractivity contribution in [2.75, 3.05) is 0 Å². The summed E-state index contributed by atoms with van der Waals surface area (Å²) in [6.45, 7) is 4.21. The molecule has 1 aromatic rings. The number of rotatable bonds is 2. The van der Waals surface area contributed by atoms with Crippen LogP contribution in [-0.4, -0.2) is 17.2 Å². The van der Waals surface area contributed by atoms with Gasteiger partial charge in [0.05, 0.1) is 0 Å². The van der Waals surface area contributed by atoms with Gasteiger partial charge < -0.3 is 10.4 Å². The third-order valence-corrected chi connectivity index (χ3v) is 4.65. The van der Waals surface area contributed by atoms with Crippen molar-refractivity contribution in [1.82, 2.24) is 5.32 Å². The van der Waals surface area contributed by atoms with Gasteiger partial charge in [-0.2, -0.15) is 0 Å². The first kappa shape index (κ1) is 15.7. The molecule has 2 nitrogen and oxygen atoms in total. The Balaban J connectivity index is 0.00000147. The zero-order valence-corrected chi connectivity index (χ0v) is 12.8. The summed E-state index contributed by atoms with van der Waals surface area (Å²) >= 11 is 0. The molecule has 2 aliphatic carbocycles. The highest BCUT2D eigenvalue weighted by atomic mass is 35.5. The Morgan fingerprint density at radius 3 is 2.70 bits per heavy atom. The average molecular weight is 300 g/mol. The van der Waals surface area contributed by atoms with Crippen LogP contribution in [0, 0.1) is 5.82 Å². The van der Waals surface area contributed by atoms with Crippen molar-refractivity contribution in [2.24, 2.45) is 0 Å². The molecule has 0 aromatic heterocycles. The number of nitrogens with one attached hydrogen (secondary N) is 1. The SMILES string of the molecule is CC(C)N[C@H]1CCCCC2c3cc(F)ccc3[C@@]21O.Cl. The highest BCUT2D eigenvalue weighted by Gasteiger charge is 2.55. The minimum absolute atomic E-state index is 0. The van der Waals surface area contributed by atoms with E-state index in [1.807, 2.05) is 0 Å². The molecule has 1 fully saturated rings. The topological polar surface area (TPSA) is 32.3 Å². The average Bonchev–Trinajstić information content (AvgIpc) is 2.47. The summed E-state index contributed by atoms with van der Waals surface area (Å²) < 4.78 is 13.4. The normalized spacial score (nSPS) is 31.6. The van der Waals surface area contributed by atoms with E-state index in [1.165, 1.54) is 6.07 Å². The van der Waals surface area contributed by atoms with E-state index in [0.29, 0.717) is 6.04 Å². The molecule has 112 valence electrons. The first-order valence-corrected chi connectivity index (χ1v) is 7.32. The number of aliphatic hydroxyl groups is 1. The number of halogens is 2. The molecule has 2 N–H and O–H groups in total. The summed E-state index contributed by atoms with van der Waals surface area (Å²) in [7, 11) is 0. The van der Waals surface area contributed by atoms with Crippen LogP contribution in [0.3, 0.4) is 0 Å². The van der Waals surface area contributed by atoms with Crippen molar-refractivity contribution in [3.05, 3.63) is 35.1 Å². The number of hydrogen-bond acceptors (Lipinski definition) is 2. The van der Waals surface area contributed by atoms with Gasteiger partial charge in [0.2, 0.25) is 0 Å². The molecule has 0 heterocycles. The van der Waals surface area contributed by atoms with Crippen LogP contribution in [0.15, 0.2) is 18.2 Å². The third kappa shape index (κ3) is 2.26. The van der Waals surface area contributed by atoms with Gasteiger partial charge in [-0.05, 0) is 36.1 Å². The number of benzene rings is 1.